The molecule has 3 rings (SSSR count). The van der Waals surface area contributed by atoms with E-state index in [1.807, 2.05) is 39.0 Å². The summed E-state index contributed by atoms with van der Waals surface area (Å²) in [5.41, 5.74) is 1.25. The van der Waals surface area contributed by atoms with Gasteiger partial charge in [0.2, 0.25) is 5.91 Å². The summed E-state index contributed by atoms with van der Waals surface area (Å²) in [5, 5.41) is 5.72. The molecule has 1 fully saturated rings. The normalized spacial score (nSPS) is 14.5. The van der Waals surface area contributed by atoms with E-state index in [4.69, 9.17) is 4.74 Å². The quantitative estimate of drug-likeness (QED) is 0.743. The molecule has 1 aliphatic heterocycles. The Hall–Kier alpha value is -3.42. The molecule has 170 valence electrons. The largest absolute Gasteiger partial charge is 0.444 e. The van der Waals surface area contributed by atoms with Crippen LogP contribution in [0.4, 0.5) is 10.5 Å². The molecular weight excluding hydrogens is 408 g/mol. The molecule has 3 amide bonds. The first-order chi connectivity index (χ1) is 15.2. The highest BCUT2D eigenvalue weighted by molar-refractivity contribution is 5.97. The molecule has 0 unspecified atom stereocenters. The molecule has 0 radical (unpaired) electrons. The van der Waals surface area contributed by atoms with Gasteiger partial charge in [-0.1, -0.05) is 12.1 Å². The van der Waals surface area contributed by atoms with Crippen molar-refractivity contribution in [3.05, 3.63) is 59.9 Å². The Balaban J connectivity index is 1.50. The van der Waals surface area contributed by atoms with E-state index in [0.717, 1.165) is 5.69 Å². The first-order valence-corrected chi connectivity index (χ1v) is 10.8. The van der Waals surface area contributed by atoms with Crippen molar-refractivity contribution in [2.24, 2.45) is 5.92 Å². The predicted molar refractivity (Wildman–Crippen MR) is 121 cm³/mol. The number of nitrogens with zero attached hydrogens (tertiary/aromatic N) is 2. The molecule has 0 atom stereocenters. The third-order valence-corrected chi connectivity index (χ3v) is 5.07. The molecular formula is C24H30N4O4. The number of hydrogen-bond donors (Lipinski definition) is 2. The fourth-order valence-corrected chi connectivity index (χ4v) is 3.41. The number of nitrogens with one attached hydrogen (secondary N) is 2. The maximum Gasteiger partial charge on any atom is 0.410 e. The van der Waals surface area contributed by atoms with Crippen molar-refractivity contribution >= 4 is 23.6 Å². The minimum atomic E-state index is -0.541. The first kappa shape index (κ1) is 23.2. The van der Waals surface area contributed by atoms with E-state index < -0.39 is 5.60 Å². The standard InChI is InChI=1S/C24H30N4O4/c1-24(2,3)32-23(31)28-13-10-17(11-14-28)22(30)27-19-9-6-7-18(15-19)21(29)26-16-20-8-4-5-12-25-20/h4-9,12,15,17H,10-11,13-14,16H2,1-3H3,(H,26,29)(H,27,30). The van der Waals surface area contributed by atoms with Gasteiger partial charge in [0.05, 0.1) is 12.2 Å². The van der Waals surface area contributed by atoms with Crippen LogP contribution in [-0.2, 0) is 16.1 Å². The fourth-order valence-electron chi connectivity index (χ4n) is 3.41. The van der Waals surface area contributed by atoms with Crippen LogP contribution in [0.25, 0.3) is 0 Å². The highest BCUT2D eigenvalue weighted by atomic mass is 16.6. The van der Waals surface area contributed by atoms with Crippen LogP contribution in [-0.4, -0.2) is 46.5 Å². The monoisotopic (exact) mass is 438 g/mol. The number of likely N-dealkylation sites (tertiary alicyclic amines) is 1. The molecule has 1 aliphatic rings. The molecule has 32 heavy (non-hydrogen) atoms. The molecule has 8 heteroatoms. The van der Waals surface area contributed by atoms with Gasteiger partial charge in [-0.25, -0.2) is 4.79 Å². The van der Waals surface area contributed by atoms with Crippen LogP contribution in [0.1, 0.15) is 49.7 Å². The Kier molecular flexibility index (Phi) is 7.45. The molecule has 2 heterocycles. The topological polar surface area (TPSA) is 101 Å². The summed E-state index contributed by atoms with van der Waals surface area (Å²) in [5.74, 6) is -0.548. The zero-order valence-corrected chi connectivity index (χ0v) is 18.8. The number of carbonyl (C=O) groups is 3. The maximum atomic E-state index is 12.7. The van der Waals surface area contributed by atoms with Crippen LogP contribution >= 0.6 is 0 Å². The lowest BCUT2D eigenvalue weighted by atomic mass is 9.96. The molecule has 1 saturated heterocycles. The zero-order valence-electron chi connectivity index (χ0n) is 18.8. The number of rotatable bonds is 5. The van der Waals surface area contributed by atoms with Crippen LogP contribution < -0.4 is 10.6 Å². The van der Waals surface area contributed by atoms with Gasteiger partial charge in [-0.05, 0) is 63.9 Å². The fraction of sp³-hybridized carbons (Fsp3) is 0.417. The maximum absolute atomic E-state index is 12.7. The van der Waals surface area contributed by atoms with Gasteiger partial charge in [-0.15, -0.1) is 0 Å². The summed E-state index contributed by atoms with van der Waals surface area (Å²) in [4.78, 5) is 43.2. The average molecular weight is 439 g/mol. The number of hydrogen-bond acceptors (Lipinski definition) is 5. The molecule has 2 aromatic rings. The lowest BCUT2D eigenvalue weighted by Crippen LogP contribution is -2.43. The van der Waals surface area contributed by atoms with Crippen molar-refractivity contribution in [2.75, 3.05) is 18.4 Å². The second-order valence-corrected chi connectivity index (χ2v) is 8.82. The number of aromatic nitrogens is 1. The van der Waals surface area contributed by atoms with E-state index in [1.165, 1.54) is 0 Å². The van der Waals surface area contributed by atoms with Gasteiger partial charge < -0.3 is 20.3 Å². The van der Waals surface area contributed by atoms with Gasteiger partial charge in [-0.3, -0.25) is 14.6 Å². The van der Waals surface area contributed by atoms with E-state index in [1.54, 1.807) is 35.4 Å². The van der Waals surface area contributed by atoms with Crippen molar-refractivity contribution in [3.8, 4) is 0 Å². The van der Waals surface area contributed by atoms with Crippen LogP contribution in [0.5, 0.6) is 0 Å². The summed E-state index contributed by atoms with van der Waals surface area (Å²) >= 11 is 0. The summed E-state index contributed by atoms with van der Waals surface area (Å²) in [7, 11) is 0. The van der Waals surface area contributed by atoms with Gasteiger partial charge in [0.1, 0.15) is 5.60 Å². The molecule has 0 aliphatic carbocycles. The number of amides is 3. The second kappa shape index (κ2) is 10.3. The summed E-state index contributed by atoms with van der Waals surface area (Å²) in [6.07, 6.45) is 2.46. The Labute approximate surface area is 188 Å². The molecule has 1 aromatic heterocycles. The number of ether oxygens (including phenoxy) is 1. The molecule has 0 bridgehead atoms. The molecule has 2 N–H and O–H groups in total. The third kappa shape index (κ3) is 6.80. The van der Waals surface area contributed by atoms with Gasteiger partial charge in [0.15, 0.2) is 0 Å². The van der Waals surface area contributed by atoms with E-state index >= 15 is 0 Å². The minimum Gasteiger partial charge on any atom is -0.444 e. The Morgan fingerprint density at radius 1 is 1.09 bits per heavy atom. The number of anilines is 1. The van der Waals surface area contributed by atoms with Crippen LogP contribution in [0.15, 0.2) is 48.7 Å². The van der Waals surface area contributed by atoms with Gasteiger partial charge >= 0.3 is 6.09 Å². The summed E-state index contributed by atoms with van der Waals surface area (Å²) in [6.45, 7) is 6.77. The van der Waals surface area contributed by atoms with Gasteiger partial charge in [-0.2, -0.15) is 0 Å². The minimum absolute atomic E-state index is 0.111. The summed E-state index contributed by atoms with van der Waals surface area (Å²) < 4.78 is 5.40. The summed E-state index contributed by atoms with van der Waals surface area (Å²) in [6, 6.07) is 12.4. The van der Waals surface area contributed by atoms with Crippen LogP contribution in [0.3, 0.4) is 0 Å². The zero-order chi connectivity index (χ0) is 23.1. The smallest absolute Gasteiger partial charge is 0.410 e. The predicted octanol–water partition coefficient (Wildman–Crippen LogP) is 3.60. The van der Waals surface area contributed by atoms with Crippen molar-refractivity contribution < 1.29 is 19.1 Å². The molecule has 8 nitrogen and oxygen atoms in total. The van der Waals surface area contributed by atoms with Crippen molar-refractivity contribution in [2.45, 2.75) is 45.8 Å². The molecule has 0 saturated carbocycles. The van der Waals surface area contributed by atoms with E-state index in [2.05, 4.69) is 15.6 Å². The average Bonchev–Trinajstić information content (AvgIpc) is 2.77. The van der Waals surface area contributed by atoms with Crippen LogP contribution in [0, 0.1) is 5.92 Å². The van der Waals surface area contributed by atoms with Gasteiger partial charge in [0.25, 0.3) is 5.91 Å². The molecule has 1 aromatic carbocycles. The SMILES string of the molecule is CC(C)(C)OC(=O)N1CCC(C(=O)Nc2cccc(C(=O)NCc3ccccn3)c2)CC1. The van der Waals surface area contributed by atoms with Gasteiger partial charge in [0, 0.05) is 36.5 Å². The van der Waals surface area contributed by atoms with Crippen molar-refractivity contribution in [1.29, 1.82) is 0 Å². The lowest BCUT2D eigenvalue weighted by Gasteiger charge is -2.32. The van der Waals surface area contributed by atoms with E-state index in [-0.39, 0.29) is 23.8 Å². The highest BCUT2D eigenvalue weighted by Gasteiger charge is 2.30. The first-order valence-electron chi connectivity index (χ1n) is 10.8. The van der Waals surface area contributed by atoms with Crippen LogP contribution in [0.2, 0.25) is 0 Å². The Bertz CT molecular complexity index is 948. The number of benzene rings is 1. The third-order valence-electron chi connectivity index (χ3n) is 5.07. The lowest BCUT2D eigenvalue weighted by molar-refractivity contribution is -0.121. The van der Waals surface area contributed by atoms with E-state index in [0.29, 0.717) is 43.7 Å². The Morgan fingerprint density at radius 2 is 1.84 bits per heavy atom. The second-order valence-electron chi connectivity index (χ2n) is 8.82. The highest BCUT2D eigenvalue weighted by Crippen LogP contribution is 2.22. The van der Waals surface area contributed by atoms with E-state index in [9.17, 15) is 14.4 Å². The number of piperidine rings is 1. The number of carbonyl (C=O) groups excluding carboxylic acids is 3. The number of pyridine rings is 1. The Morgan fingerprint density at radius 3 is 2.50 bits per heavy atom. The molecule has 0 spiro atoms. The van der Waals surface area contributed by atoms with Crippen molar-refractivity contribution in [1.82, 2.24) is 15.2 Å². The van der Waals surface area contributed by atoms with Crippen molar-refractivity contribution in [3.63, 3.8) is 0 Å².